The van der Waals surface area contributed by atoms with Crippen LogP contribution in [0.5, 0.6) is 0 Å². The van der Waals surface area contributed by atoms with E-state index in [4.69, 9.17) is 0 Å². The van der Waals surface area contributed by atoms with Crippen LogP contribution in [-0.4, -0.2) is 12.5 Å². The van der Waals surface area contributed by atoms with Crippen LogP contribution in [0.2, 0.25) is 0 Å². The Labute approximate surface area is 140 Å². The summed E-state index contributed by atoms with van der Waals surface area (Å²) in [5, 5.41) is 2.77. The lowest BCUT2D eigenvalue weighted by atomic mass is 10.1. The van der Waals surface area contributed by atoms with E-state index in [-0.39, 0.29) is 17.7 Å². The molecule has 0 heterocycles. The second-order valence-corrected chi connectivity index (χ2v) is 6.51. The molecular formula is C19H22F3NO. The van der Waals surface area contributed by atoms with E-state index < -0.39 is 11.7 Å². The maximum atomic E-state index is 12.7. The molecule has 1 aromatic carbocycles. The van der Waals surface area contributed by atoms with Crippen molar-refractivity contribution < 1.29 is 18.0 Å². The third kappa shape index (κ3) is 5.55. The van der Waals surface area contributed by atoms with Crippen molar-refractivity contribution in [1.82, 2.24) is 5.32 Å². The summed E-state index contributed by atoms with van der Waals surface area (Å²) < 4.78 is 38.2. The van der Waals surface area contributed by atoms with Gasteiger partial charge in [-0.25, -0.2) is 0 Å². The summed E-state index contributed by atoms with van der Waals surface area (Å²) in [7, 11) is 0. The lowest BCUT2D eigenvalue weighted by molar-refractivity contribution is -0.137. The number of hydrogen-bond acceptors (Lipinski definition) is 1. The van der Waals surface area contributed by atoms with E-state index >= 15 is 0 Å². The van der Waals surface area contributed by atoms with Crippen molar-refractivity contribution in [3.05, 3.63) is 59.7 Å². The van der Waals surface area contributed by atoms with Crippen molar-refractivity contribution in [2.75, 3.05) is 6.54 Å². The highest BCUT2D eigenvalue weighted by Crippen LogP contribution is 2.49. The number of carbonyl (C=O) groups is 1. The van der Waals surface area contributed by atoms with Crippen molar-refractivity contribution in [2.24, 2.45) is 11.8 Å². The monoisotopic (exact) mass is 337 g/mol. The van der Waals surface area contributed by atoms with Crippen LogP contribution in [0.1, 0.15) is 37.3 Å². The summed E-state index contributed by atoms with van der Waals surface area (Å²) in [5.41, 5.74) is 0.120. The Morgan fingerprint density at radius 1 is 1.33 bits per heavy atom. The molecule has 1 aliphatic carbocycles. The molecule has 0 radical (unpaired) electrons. The fourth-order valence-corrected chi connectivity index (χ4v) is 2.47. The van der Waals surface area contributed by atoms with Gasteiger partial charge in [0.25, 0.3) is 0 Å². The number of alkyl halides is 3. The van der Waals surface area contributed by atoms with Crippen LogP contribution in [0, 0.1) is 11.8 Å². The summed E-state index contributed by atoms with van der Waals surface area (Å²) >= 11 is 0. The molecule has 1 saturated carbocycles. The van der Waals surface area contributed by atoms with Crippen LogP contribution in [0.4, 0.5) is 13.2 Å². The molecule has 1 aliphatic rings. The Balaban J connectivity index is 1.84. The summed E-state index contributed by atoms with van der Waals surface area (Å²) in [6.07, 6.45) is 3.38. The van der Waals surface area contributed by atoms with Gasteiger partial charge in [-0.1, -0.05) is 50.3 Å². The number of nitrogens with one attached hydrogen (secondary N) is 1. The Bertz CT molecular complexity index is 632. The molecule has 1 aromatic rings. The van der Waals surface area contributed by atoms with E-state index in [0.29, 0.717) is 12.5 Å². The van der Waals surface area contributed by atoms with Crippen LogP contribution in [0.25, 0.3) is 0 Å². The molecule has 0 spiro atoms. The highest BCUT2D eigenvalue weighted by atomic mass is 19.4. The Morgan fingerprint density at radius 3 is 2.75 bits per heavy atom. The van der Waals surface area contributed by atoms with Gasteiger partial charge in [0.2, 0.25) is 5.91 Å². The lowest BCUT2D eigenvalue weighted by Crippen LogP contribution is -2.25. The first-order valence-corrected chi connectivity index (χ1v) is 8.07. The van der Waals surface area contributed by atoms with Gasteiger partial charge < -0.3 is 5.32 Å². The van der Waals surface area contributed by atoms with Crippen LogP contribution in [0.3, 0.4) is 0 Å². The molecule has 2 rings (SSSR count). The first-order valence-electron chi connectivity index (χ1n) is 8.07. The number of carbonyl (C=O) groups excluding carboxylic acids is 1. The third-order valence-corrected chi connectivity index (χ3v) is 3.88. The average molecular weight is 337 g/mol. The molecule has 1 N–H and O–H groups in total. The van der Waals surface area contributed by atoms with Gasteiger partial charge in [-0.2, -0.15) is 13.2 Å². The molecule has 130 valence electrons. The molecule has 0 saturated heterocycles. The van der Waals surface area contributed by atoms with Gasteiger partial charge in [0.1, 0.15) is 0 Å². The minimum atomic E-state index is -4.30. The summed E-state index contributed by atoms with van der Waals surface area (Å²) in [4.78, 5) is 11.5. The van der Waals surface area contributed by atoms with E-state index in [1.54, 1.807) is 18.2 Å². The minimum Gasteiger partial charge on any atom is -0.352 e. The second-order valence-electron chi connectivity index (χ2n) is 6.51. The first kappa shape index (κ1) is 18.3. The average Bonchev–Trinajstić information content (AvgIpc) is 3.28. The normalized spacial score (nSPS) is 20.9. The van der Waals surface area contributed by atoms with Crippen LogP contribution in [0.15, 0.2) is 48.6 Å². The molecule has 24 heavy (non-hydrogen) atoms. The fourth-order valence-electron chi connectivity index (χ4n) is 2.47. The summed E-state index contributed by atoms with van der Waals surface area (Å²) in [6, 6.07) is 5.52. The van der Waals surface area contributed by atoms with Crippen molar-refractivity contribution in [2.45, 2.75) is 32.4 Å². The standard InChI is InChI=1S/C19H22F3NO/c1-13(2)12-23-18(24)9-4-3-6-15-11-17(15)14-7-5-8-16(10-14)19(20,21)22/h3-10,13,15,17H,11-12H2,1-2H3,(H,23,24)/b6-3?,9-4+/t15-,17-/m1/s1. The molecule has 0 unspecified atom stereocenters. The topological polar surface area (TPSA) is 29.1 Å². The van der Waals surface area contributed by atoms with Crippen molar-refractivity contribution in [3.63, 3.8) is 0 Å². The largest absolute Gasteiger partial charge is 0.416 e. The smallest absolute Gasteiger partial charge is 0.352 e. The molecule has 2 atom stereocenters. The zero-order valence-corrected chi connectivity index (χ0v) is 13.8. The predicted molar refractivity (Wildman–Crippen MR) is 88.4 cm³/mol. The molecule has 0 aliphatic heterocycles. The maximum Gasteiger partial charge on any atom is 0.416 e. The minimum absolute atomic E-state index is 0.131. The quantitative estimate of drug-likeness (QED) is 0.592. The van der Waals surface area contributed by atoms with E-state index in [0.717, 1.165) is 18.1 Å². The van der Waals surface area contributed by atoms with Gasteiger partial charge in [0, 0.05) is 12.6 Å². The number of rotatable bonds is 6. The SMILES string of the molecule is CC(C)CNC(=O)/C=C/C=C[C@@H]1C[C@@H]1c1cccc(C(F)(F)F)c1. The fraction of sp³-hybridized carbons (Fsp3) is 0.421. The molecule has 2 nitrogen and oxygen atoms in total. The maximum absolute atomic E-state index is 12.7. The molecular weight excluding hydrogens is 315 g/mol. The zero-order valence-electron chi connectivity index (χ0n) is 13.8. The Kier molecular flexibility index (Phi) is 5.86. The van der Waals surface area contributed by atoms with Crippen LogP contribution < -0.4 is 5.32 Å². The van der Waals surface area contributed by atoms with Gasteiger partial charge in [0.05, 0.1) is 5.56 Å². The van der Waals surface area contributed by atoms with E-state index in [1.807, 2.05) is 19.9 Å². The van der Waals surface area contributed by atoms with Gasteiger partial charge in [0.15, 0.2) is 0 Å². The number of allylic oxidation sites excluding steroid dienone is 3. The second kappa shape index (κ2) is 7.69. The van der Waals surface area contributed by atoms with Gasteiger partial charge in [-0.3, -0.25) is 4.79 Å². The van der Waals surface area contributed by atoms with Crippen LogP contribution in [-0.2, 0) is 11.0 Å². The number of hydrogen-bond donors (Lipinski definition) is 1. The summed E-state index contributed by atoms with van der Waals surface area (Å²) in [5.74, 6) is 0.625. The van der Waals surface area contributed by atoms with E-state index in [2.05, 4.69) is 5.32 Å². The molecule has 1 amide bonds. The highest BCUT2D eigenvalue weighted by Gasteiger charge is 2.38. The van der Waals surface area contributed by atoms with Crippen molar-refractivity contribution in [1.29, 1.82) is 0 Å². The third-order valence-electron chi connectivity index (χ3n) is 3.88. The van der Waals surface area contributed by atoms with Crippen LogP contribution >= 0.6 is 0 Å². The zero-order chi connectivity index (χ0) is 17.7. The van der Waals surface area contributed by atoms with Gasteiger partial charge in [-0.05, 0) is 35.8 Å². The molecule has 0 aromatic heterocycles. The van der Waals surface area contributed by atoms with Gasteiger partial charge in [-0.15, -0.1) is 0 Å². The Morgan fingerprint density at radius 2 is 2.08 bits per heavy atom. The molecule has 1 fully saturated rings. The van der Waals surface area contributed by atoms with Crippen molar-refractivity contribution in [3.8, 4) is 0 Å². The summed E-state index contributed by atoms with van der Waals surface area (Å²) in [6.45, 7) is 4.67. The number of halogens is 3. The molecule has 5 heteroatoms. The van der Waals surface area contributed by atoms with Crippen molar-refractivity contribution >= 4 is 5.91 Å². The van der Waals surface area contributed by atoms with E-state index in [1.165, 1.54) is 18.2 Å². The first-order chi connectivity index (χ1) is 11.3. The highest BCUT2D eigenvalue weighted by molar-refractivity contribution is 5.87. The predicted octanol–water partition coefficient (Wildman–Crippen LogP) is 4.69. The van der Waals surface area contributed by atoms with Gasteiger partial charge >= 0.3 is 6.18 Å². The lowest BCUT2D eigenvalue weighted by Gasteiger charge is -2.08. The molecule has 0 bridgehead atoms. The number of amides is 1. The van der Waals surface area contributed by atoms with E-state index in [9.17, 15) is 18.0 Å². The number of benzene rings is 1. The Hall–Kier alpha value is -2.04.